The molecule has 0 bridgehead atoms. The van der Waals surface area contributed by atoms with Gasteiger partial charge in [0, 0.05) is 22.4 Å². The molecule has 9 aromatic carbocycles. The van der Waals surface area contributed by atoms with Crippen LogP contribution in [0, 0.1) is 0 Å². The van der Waals surface area contributed by atoms with Crippen molar-refractivity contribution in [1.82, 2.24) is 37.9 Å². The van der Waals surface area contributed by atoms with Gasteiger partial charge in [-0.1, -0.05) is 164 Å². The van der Waals surface area contributed by atoms with Crippen LogP contribution in [0.1, 0.15) is 0 Å². The van der Waals surface area contributed by atoms with Crippen LogP contribution >= 0.6 is 0 Å². The lowest BCUT2D eigenvalue weighted by Gasteiger charge is -2.34. The lowest BCUT2D eigenvalue weighted by molar-refractivity contribution is 0.669. The minimum Gasteiger partial charge on any atom is -0.456 e. The van der Waals surface area contributed by atoms with Crippen molar-refractivity contribution in [3.8, 4) is 23.0 Å². The molecule has 0 radical (unpaired) electrons. The Morgan fingerprint density at radius 1 is 0.329 bits per heavy atom. The number of fused-ring (bicyclic) bond motifs is 13. The summed E-state index contributed by atoms with van der Waals surface area (Å²) < 4.78 is 15.2. The molecule has 0 aliphatic heterocycles. The number of aromatic nitrogens is 8. The second kappa shape index (κ2) is 14.8. The van der Waals surface area contributed by atoms with Crippen LogP contribution in [0.2, 0.25) is 0 Å². The molecule has 10 heteroatoms. The van der Waals surface area contributed by atoms with Crippen molar-refractivity contribution < 1.29 is 4.42 Å². The molecule has 0 unspecified atom stereocenters. The zero-order valence-electron chi connectivity index (χ0n) is 37.4. The Bertz CT molecular complexity index is 4360. The zero-order chi connectivity index (χ0) is 45.9. The van der Waals surface area contributed by atoms with Crippen molar-refractivity contribution >= 4 is 106 Å². The number of imidazole rings is 4. The highest BCUT2D eigenvalue weighted by atomic mass is 28.3. The molecule has 0 spiro atoms. The first-order valence-corrected chi connectivity index (χ1v) is 25.5. The van der Waals surface area contributed by atoms with Crippen LogP contribution in [0.15, 0.2) is 235 Å². The van der Waals surface area contributed by atoms with Crippen LogP contribution in [0.4, 0.5) is 0 Å². The maximum atomic E-state index is 6.42. The van der Waals surface area contributed by atoms with E-state index in [1.807, 2.05) is 24.3 Å². The van der Waals surface area contributed by atoms with Gasteiger partial charge >= 0.3 is 0 Å². The molecule has 0 aliphatic rings. The van der Waals surface area contributed by atoms with Gasteiger partial charge in [0.25, 0.3) is 0 Å². The first-order valence-electron chi connectivity index (χ1n) is 23.5. The van der Waals surface area contributed by atoms with E-state index in [1.165, 1.54) is 20.7 Å². The molecule has 0 fully saturated rings. The van der Waals surface area contributed by atoms with Crippen molar-refractivity contribution in [3.63, 3.8) is 0 Å². The van der Waals surface area contributed by atoms with Gasteiger partial charge in [-0.25, -0.2) is 19.9 Å². The average molecular weight is 915 g/mol. The van der Waals surface area contributed by atoms with Crippen LogP contribution in [-0.4, -0.2) is 45.9 Å². The van der Waals surface area contributed by atoms with Gasteiger partial charge in [0.05, 0.1) is 44.1 Å². The summed E-state index contributed by atoms with van der Waals surface area (Å²) in [6.45, 7) is 0. The molecule has 0 saturated heterocycles. The molecule has 6 heterocycles. The number of rotatable bonds is 7. The van der Waals surface area contributed by atoms with Crippen LogP contribution in [0.3, 0.4) is 0 Å². The average Bonchev–Trinajstić information content (AvgIpc) is 4.23. The summed E-state index contributed by atoms with van der Waals surface area (Å²) in [7, 11) is -3.09. The number of hydrogen-bond acceptors (Lipinski definition) is 5. The fraction of sp³-hybridized carbons (Fsp3) is 0. The van der Waals surface area contributed by atoms with E-state index in [4.69, 9.17) is 24.4 Å². The predicted octanol–water partition coefficient (Wildman–Crippen LogP) is 10.9. The summed E-state index contributed by atoms with van der Waals surface area (Å²) in [4.78, 5) is 21.8. The third-order valence-corrected chi connectivity index (χ3v) is 18.9. The molecular weight excluding hydrogens is 877 g/mol. The second-order valence-electron chi connectivity index (χ2n) is 17.9. The van der Waals surface area contributed by atoms with Gasteiger partial charge in [0.15, 0.2) is 13.9 Å². The maximum absolute atomic E-state index is 6.42. The number of para-hydroxylation sites is 9. The summed E-state index contributed by atoms with van der Waals surface area (Å²) >= 11 is 0. The lowest BCUT2D eigenvalue weighted by atomic mass is 10.1. The third-order valence-electron chi connectivity index (χ3n) is 14.1. The van der Waals surface area contributed by atoms with E-state index in [9.17, 15) is 0 Å². The molecule has 328 valence electrons. The SMILES string of the molecule is c1ccc([Si](c2ccccc2)(c2cccc(-c3nc(-n4c5ccccc5n5c6ccccc6nc45)cc(-n4c5ccccc5n5c6ccccc6nc45)n3)c2)c2ccc3oc4ccccc4c3c2)cc1. The number of benzene rings is 9. The highest BCUT2D eigenvalue weighted by Gasteiger charge is 2.42. The molecule has 70 heavy (non-hydrogen) atoms. The summed E-state index contributed by atoms with van der Waals surface area (Å²) in [6.07, 6.45) is 0. The van der Waals surface area contributed by atoms with E-state index < -0.39 is 8.07 Å². The molecule has 6 aromatic heterocycles. The van der Waals surface area contributed by atoms with Gasteiger partial charge in [-0.2, -0.15) is 0 Å². The van der Waals surface area contributed by atoms with Crippen LogP contribution in [0.25, 0.3) is 101 Å². The quantitative estimate of drug-likeness (QED) is 0.117. The molecule has 0 aliphatic carbocycles. The van der Waals surface area contributed by atoms with E-state index in [0.717, 1.165) is 83.2 Å². The van der Waals surface area contributed by atoms with E-state index in [-0.39, 0.29) is 0 Å². The summed E-state index contributed by atoms with van der Waals surface area (Å²) in [6, 6.07) is 81.8. The minimum atomic E-state index is -3.09. The fourth-order valence-electron chi connectivity index (χ4n) is 11.2. The Kier molecular flexibility index (Phi) is 8.19. The van der Waals surface area contributed by atoms with Gasteiger partial charge in [0.1, 0.15) is 22.8 Å². The van der Waals surface area contributed by atoms with Gasteiger partial charge < -0.3 is 4.42 Å². The maximum Gasteiger partial charge on any atom is 0.221 e. The summed E-state index contributed by atoms with van der Waals surface area (Å²) in [5.74, 6) is 3.48. The Morgan fingerprint density at radius 2 is 0.800 bits per heavy atom. The zero-order valence-corrected chi connectivity index (χ0v) is 38.4. The number of hydrogen-bond donors (Lipinski definition) is 0. The van der Waals surface area contributed by atoms with Crippen molar-refractivity contribution in [2.24, 2.45) is 0 Å². The summed E-state index contributed by atoms with van der Waals surface area (Å²) in [5.41, 5.74) is 10.5. The monoisotopic (exact) mass is 914 g/mol. The van der Waals surface area contributed by atoms with E-state index >= 15 is 0 Å². The first-order chi connectivity index (χ1) is 34.7. The van der Waals surface area contributed by atoms with E-state index in [2.05, 4.69) is 224 Å². The van der Waals surface area contributed by atoms with Crippen LogP contribution in [0.5, 0.6) is 0 Å². The Balaban J connectivity index is 1.04. The van der Waals surface area contributed by atoms with E-state index in [0.29, 0.717) is 17.5 Å². The van der Waals surface area contributed by atoms with Gasteiger partial charge in [0.2, 0.25) is 11.6 Å². The molecule has 15 aromatic rings. The Morgan fingerprint density at radius 3 is 1.40 bits per heavy atom. The second-order valence-corrected chi connectivity index (χ2v) is 21.7. The molecule has 9 nitrogen and oxygen atoms in total. The Hall–Kier alpha value is -9.38. The minimum absolute atomic E-state index is 0.578. The number of nitrogens with zero attached hydrogens (tertiary/aromatic N) is 8. The molecule has 0 amide bonds. The topological polar surface area (TPSA) is 83.4 Å². The molecule has 0 atom stereocenters. The molecule has 0 N–H and O–H groups in total. The van der Waals surface area contributed by atoms with Crippen molar-refractivity contribution in [2.75, 3.05) is 0 Å². The molecule has 15 rings (SSSR count). The largest absolute Gasteiger partial charge is 0.456 e. The normalized spacial score (nSPS) is 12.3. The third kappa shape index (κ3) is 5.47. The smallest absolute Gasteiger partial charge is 0.221 e. The van der Waals surface area contributed by atoms with Gasteiger partial charge in [-0.3, -0.25) is 17.9 Å². The molecular formula is C60H38N8OSi. The van der Waals surface area contributed by atoms with Crippen molar-refractivity contribution in [3.05, 3.63) is 231 Å². The standard InChI is InChI=1S/C60H38N8OSi/c1-3-19-40(20-4-1)70(41-21-5-2-6-22-41,43-34-35-55-45(37-43)44-24-7-16-33-54(44)69-55)42-23-17-18-39(36-42)58-63-56(67-52-31-14-12-29-50(52)65-48-27-10-8-25-46(48)61-59(65)67)38-57(64-58)68-53-32-15-13-30-51(53)66-49-28-11-9-26-47(49)62-60(66)68/h1-38H. The van der Waals surface area contributed by atoms with E-state index in [1.54, 1.807) is 0 Å². The van der Waals surface area contributed by atoms with Crippen LogP contribution in [-0.2, 0) is 0 Å². The summed E-state index contributed by atoms with van der Waals surface area (Å²) in [5, 5.41) is 7.18. The fourth-order valence-corrected chi connectivity index (χ4v) is 16.0. The van der Waals surface area contributed by atoms with Crippen molar-refractivity contribution in [2.45, 2.75) is 0 Å². The highest BCUT2D eigenvalue weighted by Crippen LogP contribution is 2.34. The Labute approximate surface area is 400 Å². The van der Waals surface area contributed by atoms with Crippen molar-refractivity contribution in [1.29, 1.82) is 0 Å². The molecule has 0 saturated carbocycles. The highest BCUT2D eigenvalue weighted by molar-refractivity contribution is 7.20. The predicted molar refractivity (Wildman–Crippen MR) is 285 cm³/mol. The lowest BCUT2D eigenvalue weighted by Crippen LogP contribution is -2.74. The van der Waals surface area contributed by atoms with Crippen LogP contribution < -0.4 is 20.7 Å². The van der Waals surface area contributed by atoms with Gasteiger partial charge in [-0.15, -0.1) is 0 Å². The number of furan rings is 1. The first kappa shape index (κ1) is 38.7. The van der Waals surface area contributed by atoms with Gasteiger partial charge in [-0.05, 0) is 81.4 Å².